The van der Waals surface area contributed by atoms with E-state index in [-0.39, 0.29) is 17.9 Å². The van der Waals surface area contributed by atoms with Crippen molar-refractivity contribution >= 4 is 17.3 Å². The first-order valence-electron chi connectivity index (χ1n) is 7.97. The van der Waals surface area contributed by atoms with Crippen LogP contribution in [0.2, 0.25) is 0 Å². The van der Waals surface area contributed by atoms with Gasteiger partial charge in [-0.05, 0) is 44.7 Å². The Hall–Kier alpha value is -1.73. The second kappa shape index (κ2) is 7.23. The Labute approximate surface area is 139 Å². The van der Waals surface area contributed by atoms with E-state index >= 15 is 0 Å². The smallest absolute Gasteiger partial charge is 0.310 e. The number of rotatable bonds is 5. The number of piperidine rings is 1. The molecule has 1 fully saturated rings. The van der Waals surface area contributed by atoms with Gasteiger partial charge < -0.3 is 9.15 Å². The molecule has 124 valence electrons. The van der Waals surface area contributed by atoms with E-state index in [2.05, 4.69) is 15.1 Å². The highest BCUT2D eigenvalue weighted by atomic mass is 32.1. The fourth-order valence-electron chi connectivity index (χ4n) is 2.87. The van der Waals surface area contributed by atoms with Gasteiger partial charge in [0, 0.05) is 6.54 Å². The number of ether oxygens (including phenoxy) is 1. The molecule has 0 amide bonds. The van der Waals surface area contributed by atoms with Gasteiger partial charge in [0.25, 0.3) is 5.89 Å². The van der Waals surface area contributed by atoms with Crippen molar-refractivity contribution < 1.29 is 13.9 Å². The second-order valence-corrected chi connectivity index (χ2v) is 6.63. The third-order valence-electron chi connectivity index (χ3n) is 4.15. The number of esters is 1. The summed E-state index contributed by atoms with van der Waals surface area (Å²) in [4.78, 5) is 15.2. The minimum absolute atomic E-state index is 0.00608. The highest BCUT2D eigenvalue weighted by Gasteiger charge is 2.31. The highest BCUT2D eigenvalue weighted by molar-refractivity contribution is 7.13. The van der Waals surface area contributed by atoms with Crippen molar-refractivity contribution in [1.29, 1.82) is 0 Å². The number of aromatic nitrogens is 2. The highest BCUT2D eigenvalue weighted by Crippen LogP contribution is 2.29. The molecule has 2 aromatic rings. The summed E-state index contributed by atoms with van der Waals surface area (Å²) in [5.74, 6) is 0.985. The van der Waals surface area contributed by atoms with Crippen molar-refractivity contribution in [2.24, 2.45) is 5.92 Å². The van der Waals surface area contributed by atoms with Crippen LogP contribution in [0.1, 0.15) is 38.6 Å². The van der Waals surface area contributed by atoms with Crippen LogP contribution >= 0.6 is 11.3 Å². The summed E-state index contributed by atoms with van der Waals surface area (Å²) in [7, 11) is 0. The number of carbonyl (C=O) groups is 1. The van der Waals surface area contributed by atoms with Gasteiger partial charge in [0.15, 0.2) is 0 Å². The van der Waals surface area contributed by atoms with Gasteiger partial charge in [0.1, 0.15) is 0 Å². The fraction of sp³-hybridized carbons (Fsp3) is 0.562. The van der Waals surface area contributed by atoms with Crippen LogP contribution in [0.4, 0.5) is 0 Å². The van der Waals surface area contributed by atoms with Crippen molar-refractivity contribution in [1.82, 2.24) is 15.1 Å². The molecule has 2 atom stereocenters. The molecule has 2 aromatic heterocycles. The monoisotopic (exact) mass is 335 g/mol. The van der Waals surface area contributed by atoms with Gasteiger partial charge >= 0.3 is 5.97 Å². The molecule has 1 saturated heterocycles. The first kappa shape index (κ1) is 16.1. The molecule has 7 heteroatoms. The molecule has 0 saturated carbocycles. The minimum Gasteiger partial charge on any atom is -0.466 e. The molecule has 0 N–H and O–H groups in total. The molecule has 0 bridgehead atoms. The molecule has 1 aliphatic rings. The van der Waals surface area contributed by atoms with E-state index in [0.717, 1.165) is 24.3 Å². The van der Waals surface area contributed by atoms with Crippen LogP contribution in [0, 0.1) is 5.92 Å². The molecule has 2 unspecified atom stereocenters. The Morgan fingerprint density at radius 1 is 1.57 bits per heavy atom. The molecule has 6 nitrogen and oxygen atoms in total. The summed E-state index contributed by atoms with van der Waals surface area (Å²) in [6, 6.07) is 3.92. The summed E-state index contributed by atoms with van der Waals surface area (Å²) < 4.78 is 11.0. The van der Waals surface area contributed by atoms with E-state index in [9.17, 15) is 4.79 Å². The summed E-state index contributed by atoms with van der Waals surface area (Å²) in [6.45, 7) is 5.91. The Kier molecular flexibility index (Phi) is 5.07. The summed E-state index contributed by atoms with van der Waals surface area (Å²) in [5.41, 5.74) is 0. The summed E-state index contributed by atoms with van der Waals surface area (Å²) in [5, 5.41) is 10.3. The van der Waals surface area contributed by atoms with Crippen molar-refractivity contribution in [3.05, 3.63) is 23.4 Å². The van der Waals surface area contributed by atoms with Crippen molar-refractivity contribution in [3.8, 4) is 10.8 Å². The van der Waals surface area contributed by atoms with E-state index < -0.39 is 0 Å². The van der Waals surface area contributed by atoms with Gasteiger partial charge in [-0.1, -0.05) is 6.07 Å². The molecule has 3 rings (SSSR count). The Balaban J connectivity index is 1.67. The van der Waals surface area contributed by atoms with Gasteiger partial charge in [0.2, 0.25) is 5.89 Å². The van der Waals surface area contributed by atoms with Gasteiger partial charge in [-0.25, -0.2) is 0 Å². The average Bonchev–Trinajstić information content (AvgIpc) is 3.25. The van der Waals surface area contributed by atoms with E-state index in [1.807, 2.05) is 31.4 Å². The first-order chi connectivity index (χ1) is 11.2. The van der Waals surface area contributed by atoms with Crippen LogP contribution in [0.25, 0.3) is 10.8 Å². The molecule has 3 heterocycles. The number of thiophene rings is 1. The maximum atomic E-state index is 12.0. The van der Waals surface area contributed by atoms with Crippen LogP contribution in [0.3, 0.4) is 0 Å². The lowest BCUT2D eigenvalue weighted by atomic mass is 9.97. The summed E-state index contributed by atoms with van der Waals surface area (Å²) >= 11 is 1.58. The standard InChI is InChI=1S/C16H21N3O3S/c1-3-21-16(20)12-6-4-8-19(10-12)11(2)14-17-18-15(22-14)13-7-5-9-23-13/h5,7,9,11-12H,3-4,6,8,10H2,1-2H3. The predicted octanol–water partition coefficient (Wildman–Crippen LogP) is 3.13. The fourth-order valence-corrected chi connectivity index (χ4v) is 3.51. The molecular weight excluding hydrogens is 314 g/mol. The third-order valence-corrected chi connectivity index (χ3v) is 5.01. The molecule has 0 spiro atoms. The average molecular weight is 335 g/mol. The van der Waals surface area contributed by atoms with Crippen LogP contribution < -0.4 is 0 Å². The lowest BCUT2D eigenvalue weighted by Crippen LogP contribution is -2.40. The molecule has 0 radical (unpaired) electrons. The van der Waals surface area contributed by atoms with Crippen LogP contribution in [-0.2, 0) is 9.53 Å². The molecule has 23 heavy (non-hydrogen) atoms. The Morgan fingerprint density at radius 2 is 2.43 bits per heavy atom. The topological polar surface area (TPSA) is 68.5 Å². The zero-order valence-electron chi connectivity index (χ0n) is 13.4. The number of hydrogen-bond acceptors (Lipinski definition) is 7. The van der Waals surface area contributed by atoms with Gasteiger partial charge in [0.05, 0.1) is 23.4 Å². The van der Waals surface area contributed by atoms with Crippen LogP contribution in [0.15, 0.2) is 21.9 Å². The van der Waals surface area contributed by atoms with Crippen LogP contribution in [0.5, 0.6) is 0 Å². The second-order valence-electron chi connectivity index (χ2n) is 5.68. The Bertz CT molecular complexity index is 641. The van der Waals surface area contributed by atoms with E-state index in [1.54, 1.807) is 11.3 Å². The number of nitrogens with zero attached hydrogens (tertiary/aromatic N) is 3. The normalized spacial score (nSPS) is 20.3. The predicted molar refractivity (Wildman–Crippen MR) is 87.0 cm³/mol. The quantitative estimate of drug-likeness (QED) is 0.782. The number of hydrogen-bond donors (Lipinski definition) is 0. The number of likely N-dealkylation sites (tertiary alicyclic amines) is 1. The van der Waals surface area contributed by atoms with Crippen molar-refractivity contribution in [2.45, 2.75) is 32.7 Å². The molecular formula is C16H21N3O3S. The van der Waals surface area contributed by atoms with E-state index in [1.165, 1.54) is 0 Å². The van der Waals surface area contributed by atoms with Crippen molar-refractivity contribution in [3.63, 3.8) is 0 Å². The van der Waals surface area contributed by atoms with Crippen LogP contribution in [-0.4, -0.2) is 40.8 Å². The maximum absolute atomic E-state index is 12.0. The zero-order valence-corrected chi connectivity index (χ0v) is 14.2. The minimum atomic E-state index is -0.103. The zero-order chi connectivity index (χ0) is 16.2. The van der Waals surface area contributed by atoms with Gasteiger partial charge in [-0.2, -0.15) is 0 Å². The lowest BCUT2D eigenvalue weighted by molar-refractivity contribution is -0.150. The molecule has 1 aliphatic heterocycles. The van der Waals surface area contributed by atoms with Gasteiger partial charge in [-0.15, -0.1) is 21.5 Å². The summed E-state index contributed by atoms with van der Waals surface area (Å²) in [6.07, 6.45) is 1.85. The third kappa shape index (κ3) is 3.61. The maximum Gasteiger partial charge on any atom is 0.310 e. The molecule has 0 aliphatic carbocycles. The lowest BCUT2D eigenvalue weighted by Gasteiger charge is -2.34. The van der Waals surface area contributed by atoms with E-state index in [0.29, 0.717) is 24.9 Å². The first-order valence-corrected chi connectivity index (χ1v) is 8.85. The SMILES string of the molecule is CCOC(=O)C1CCCN(C(C)c2nnc(-c3cccs3)o2)C1. The number of carbonyl (C=O) groups excluding carboxylic acids is 1. The molecule has 0 aromatic carbocycles. The van der Waals surface area contributed by atoms with E-state index in [4.69, 9.17) is 9.15 Å². The Morgan fingerprint density at radius 3 is 3.17 bits per heavy atom. The van der Waals surface area contributed by atoms with Crippen molar-refractivity contribution in [2.75, 3.05) is 19.7 Å². The van der Waals surface area contributed by atoms with Gasteiger partial charge in [-0.3, -0.25) is 9.69 Å². The largest absolute Gasteiger partial charge is 0.466 e.